The topological polar surface area (TPSA) is 86.8 Å². The number of benzene rings is 2. The molecule has 0 radical (unpaired) electrons. The molecule has 174 valence electrons. The zero-order valence-electron chi connectivity index (χ0n) is 17.8. The molecule has 2 aromatic rings. The Labute approximate surface area is 197 Å². The van der Waals surface area contributed by atoms with Crippen molar-refractivity contribution in [3.8, 4) is 0 Å². The Hall–Kier alpha value is -2.36. The van der Waals surface area contributed by atoms with Crippen LogP contribution >= 0.6 is 23.2 Å². The summed E-state index contributed by atoms with van der Waals surface area (Å²) in [6.07, 6.45) is 1.24. The van der Waals surface area contributed by atoms with Crippen molar-refractivity contribution in [2.24, 2.45) is 0 Å². The minimum absolute atomic E-state index is 0.0149. The van der Waals surface area contributed by atoms with Crippen molar-refractivity contribution in [3.05, 3.63) is 63.9 Å². The smallest absolute Gasteiger partial charge is 0.244 e. The molecule has 0 heterocycles. The highest BCUT2D eigenvalue weighted by atomic mass is 35.5. The van der Waals surface area contributed by atoms with Gasteiger partial charge in [0, 0.05) is 23.6 Å². The Morgan fingerprint density at radius 1 is 1.09 bits per heavy atom. The molecular weight excluding hydrogens is 480 g/mol. The Morgan fingerprint density at radius 3 is 2.12 bits per heavy atom. The van der Waals surface area contributed by atoms with Crippen molar-refractivity contribution in [2.75, 3.05) is 24.2 Å². The maximum absolute atomic E-state index is 13.3. The second-order valence-electron chi connectivity index (χ2n) is 7.08. The molecule has 1 atom stereocenters. The molecule has 0 unspecified atom stereocenters. The first kappa shape index (κ1) is 25.9. The Bertz CT molecular complexity index is 1060. The lowest BCUT2D eigenvalue weighted by Crippen LogP contribution is -2.51. The van der Waals surface area contributed by atoms with Gasteiger partial charge in [-0.25, -0.2) is 12.8 Å². The SMILES string of the molecule is CC[C@H](C(=O)NC)N(Cc1ccc(F)cc1)C(=O)CN(c1cc(Cl)cc(Cl)c1)S(C)(=O)=O. The molecule has 0 fully saturated rings. The normalized spacial score (nSPS) is 12.2. The van der Waals surface area contributed by atoms with Crippen molar-refractivity contribution in [3.63, 3.8) is 0 Å². The van der Waals surface area contributed by atoms with Crippen LogP contribution in [0.15, 0.2) is 42.5 Å². The zero-order valence-corrected chi connectivity index (χ0v) is 20.1. The lowest BCUT2D eigenvalue weighted by atomic mass is 10.1. The summed E-state index contributed by atoms with van der Waals surface area (Å²) in [5.41, 5.74) is 0.701. The summed E-state index contributed by atoms with van der Waals surface area (Å²) in [6, 6.07) is 8.82. The molecule has 11 heteroatoms. The fourth-order valence-corrected chi connectivity index (χ4v) is 4.52. The number of likely N-dealkylation sites (N-methyl/N-ethyl adjacent to an activating group) is 1. The van der Waals surface area contributed by atoms with Crippen LogP contribution < -0.4 is 9.62 Å². The number of anilines is 1. The lowest BCUT2D eigenvalue weighted by molar-refractivity contribution is -0.140. The van der Waals surface area contributed by atoms with Crippen LogP contribution in [0.3, 0.4) is 0 Å². The van der Waals surface area contributed by atoms with Crippen molar-refractivity contribution in [2.45, 2.75) is 25.9 Å². The number of hydrogen-bond donors (Lipinski definition) is 1. The molecule has 2 aromatic carbocycles. The zero-order chi connectivity index (χ0) is 24.1. The summed E-state index contributed by atoms with van der Waals surface area (Å²) in [6.45, 7) is 1.14. The lowest BCUT2D eigenvalue weighted by Gasteiger charge is -2.32. The molecule has 0 aliphatic carbocycles. The average molecular weight is 504 g/mol. The second-order valence-corrected chi connectivity index (χ2v) is 9.86. The first-order valence-corrected chi connectivity index (χ1v) is 12.3. The first-order valence-electron chi connectivity index (χ1n) is 9.65. The molecule has 0 saturated heterocycles. The largest absolute Gasteiger partial charge is 0.357 e. The molecule has 0 aliphatic rings. The van der Waals surface area contributed by atoms with E-state index in [2.05, 4.69) is 5.32 Å². The predicted molar refractivity (Wildman–Crippen MR) is 124 cm³/mol. The van der Waals surface area contributed by atoms with Crippen molar-refractivity contribution in [1.82, 2.24) is 10.2 Å². The maximum atomic E-state index is 13.3. The van der Waals surface area contributed by atoms with E-state index in [1.165, 1.54) is 54.4 Å². The van der Waals surface area contributed by atoms with E-state index in [1.807, 2.05) is 0 Å². The van der Waals surface area contributed by atoms with Gasteiger partial charge in [0.2, 0.25) is 21.8 Å². The molecule has 1 N–H and O–H groups in total. The van der Waals surface area contributed by atoms with Gasteiger partial charge in [0.25, 0.3) is 0 Å². The van der Waals surface area contributed by atoms with E-state index in [4.69, 9.17) is 23.2 Å². The molecule has 7 nitrogen and oxygen atoms in total. The van der Waals surface area contributed by atoms with Crippen molar-refractivity contribution >= 4 is 50.7 Å². The summed E-state index contributed by atoms with van der Waals surface area (Å²) < 4.78 is 39.2. The summed E-state index contributed by atoms with van der Waals surface area (Å²) in [7, 11) is -2.45. The van der Waals surface area contributed by atoms with E-state index in [0.717, 1.165) is 10.6 Å². The minimum Gasteiger partial charge on any atom is -0.357 e. The third kappa shape index (κ3) is 6.82. The van der Waals surface area contributed by atoms with E-state index in [-0.39, 0.29) is 28.7 Å². The highest BCUT2D eigenvalue weighted by Gasteiger charge is 2.31. The van der Waals surface area contributed by atoms with Gasteiger partial charge in [-0.3, -0.25) is 13.9 Å². The van der Waals surface area contributed by atoms with Crippen LogP contribution in [0.2, 0.25) is 10.0 Å². The predicted octanol–water partition coefficient (Wildman–Crippen LogP) is 3.45. The Morgan fingerprint density at radius 2 is 1.66 bits per heavy atom. The number of carbonyl (C=O) groups excluding carboxylic acids is 2. The van der Waals surface area contributed by atoms with Crippen molar-refractivity contribution < 1.29 is 22.4 Å². The van der Waals surface area contributed by atoms with Gasteiger partial charge in [-0.05, 0) is 42.3 Å². The van der Waals surface area contributed by atoms with Crippen LogP contribution in [0.5, 0.6) is 0 Å². The summed E-state index contributed by atoms with van der Waals surface area (Å²) >= 11 is 12.0. The minimum atomic E-state index is -3.90. The molecule has 2 rings (SSSR count). The molecule has 0 saturated carbocycles. The van der Waals surface area contributed by atoms with E-state index < -0.39 is 40.2 Å². The Kier molecular flexibility index (Phi) is 8.89. The maximum Gasteiger partial charge on any atom is 0.244 e. The van der Waals surface area contributed by atoms with Gasteiger partial charge >= 0.3 is 0 Å². The van der Waals surface area contributed by atoms with Gasteiger partial charge < -0.3 is 10.2 Å². The summed E-state index contributed by atoms with van der Waals surface area (Å²) in [5.74, 6) is -1.46. The number of nitrogens with zero attached hydrogens (tertiary/aromatic N) is 2. The number of carbonyl (C=O) groups is 2. The average Bonchev–Trinajstić information content (AvgIpc) is 2.71. The molecule has 0 bridgehead atoms. The second kappa shape index (κ2) is 11.0. The number of halogens is 3. The molecule has 32 heavy (non-hydrogen) atoms. The van der Waals surface area contributed by atoms with Crippen LogP contribution in [-0.2, 0) is 26.2 Å². The molecule has 0 aromatic heterocycles. The number of nitrogens with one attached hydrogen (secondary N) is 1. The van der Waals surface area contributed by atoms with Crippen LogP contribution in [0.1, 0.15) is 18.9 Å². The van der Waals surface area contributed by atoms with Crippen LogP contribution in [0.4, 0.5) is 10.1 Å². The molecular formula is C21H24Cl2FN3O4S. The van der Waals surface area contributed by atoms with Crippen molar-refractivity contribution in [1.29, 1.82) is 0 Å². The number of hydrogen-bond acceptors (Lipinski definition) is 4. The Balaban J connectivity index is 2.45. The van der Waals surface area contributed by atoms with Crippen LogP contribution in [-0.4, -0.2) is 51.0 Å². The van der Waals surface area contributed by atoms with E-state index >= 15 is 0 Å². The van der Waals surface area contributed by atoms with E-state index in [0.29, 0.717) is 5.56 Å². The first-order chi connectivity index (χ1) is 15.0. The number of rotatable bonds is 9. The summed E-state index contributed by atoms with van der Waals surface area (Å²) in [5, 5.41) is 2.92. The fraction of sp³-hybridized carbons (Fsp3) is 0.333. The van der Waals surface area contributed by atoms with Gasteiger partial charge in [-0.1, -0.05) is 42.3 Å². The quantitative estimate of drug-likeness (QED) is 0.567. The van der Waals surface area contributed by atoms with E-state index in [1.54, 1.807) is 6.92 Å². The highest BCUT2D eigenvalue weighted by Crippen LogP contribution is 2.27. The monoisotopic (exact) mass is 503 g/mol. The number of amides is 2. The standard InChI is InChI=1S/C21H24Cl2FN3O4S/c1-4-19(21(29)25-2)26(12-14-5-7-17(24)8-6-14)20(28)13-27(32(3,30)31)18-10-15(22)9-16(23)11-18/h5-11,19H,4,12-13H2,1-3H3,(H,25,29)/t19-/m1/s1. The number of sulfonamides is 1. The van der Waals surface area contributed by atoms with Gasteiger partial charge in [-0.2, -0.15) is 0 Å². The summed E-state index contributed by atoms with van der Waals surface area (Å²) in [4.78, 5) is 27.1. The van der Waals surface area contributed by atoms with Crippen LogP contribution in [0, 0.1) is 5.82 Å². The third-order valence-corrected chi connectivity index (χ3v) is 6.29. The van der Waals surface area contributed by atoms with Gasteiger partial charge in [0.05, 0.1) is 11.9 Å². The van der Waals surface area contributed by atoms with E-state index in [9.17, 15) is 22.4 Å². The van der Waals surface area contributed by atoms with Gasteiger partial charge in [-0.15, -0.1) is 0 Å². The molecule has 2 amide bonds. The molecule has 0 aliphatic heterocycles. The third-order valence-electron chi connectivity index (χ3n) is 4.71. The molecule has 0 spiro atoms. The van der Waals surface area contributed by atoms with Gasteiger partial charge in [0.1, 0.15) is 18.4 Å². The highest BCUT2D eigenvalue weighted by molar-refractivity contribution is 7.92. The fourth-order valence-electron chi connectivity index (χ4n) is 3.17. The van der Waals surface area contributed by atoms with Gasteiger partial charge in [0.15, 0.2) is 0 Å². The van der Waals surface area contributed by atoms with Crippen LogP contribution in [0.25, 0.3) is 0 Å².